The van der Waals surface area contributed by atoms with Gasteiger partial charge in [0.05, 0.1) is 4.34 Å². The average molecular weight is 275 g/mol. The second-order valence-corrected chi connectivity index (χ2v) is 5.67. The van der Waals surface area contributed by atoms with Crippen molar-refractivity contribution in [1.82, 2.24) is 10.6 Å². The molecular formula is C12H19ClN2OS. The van der Waals surface area contributed by atoms with Crippen LogP contribution in [0.25, 0.3) is 0 Å². The molecule has 17 heavy (non-hydrogen) atoms. The molecule has 2 N–H and O–H groups in total. The number of halogens is 1. The van der Waals surface area contributed by atoms with Gasteiger partial charge < -0.3 is 10.6 Å². The largest absolute Gasteiger partial charge is 0.338 e. The molecule has 1 rings (SSSR count). The van der Waals surface area contributed by atoms with E-state index in [9.17, 15) is 4.79 Å². The molecule has 0 aliphatic rings. The predicted octanol–water partition coefficient (Wildman–Crippen LogP) is 3.43. The Hall–Kier alpha value is -0.740. The lowest BCUT2D eigenvalue weighted by atomic mass is 10.2. The van der Waals surface area contributed by atoms with E-state index in [2.05, 4.69) is 24.5 Å². The number of hydrogen-bond acceptors (Lipinski definition) is 2. The Kier molecular flexibility index (Phi) is 6.37. The number of thiophene rings is 1. The molecule has 0 unspecified atom stereocenters. The molecule has 3 nitrogen and oxygen atoms in total. The number of nitrogens with one attached hydrogen (secondary N) is 2. The topological polar surface area (TPSA) is 41.1 Å². The highest BCUT2D eigenvalue weighted by Gasteiger charge is 2.07. The van der Waals surface area contributed by atoms with E-state index in [-0.39, 0.29) is 12.1 Å². The summed E-state index contributed by atoms with van der Waals surface area (Å²) in [5.74, 6) is 0. The number of carbonyl (C=O) groups excluding carboxylic acids is 1. The summed E-state index contributed by atoms with van der Waals surface area (Å²) in [5, 5.41) is 5.79. The van der Waals surface area contributed by atoms with Crippen molar-refractivity contribution >= 4 is 29.0 Å². The fraction of sp³-hybridized carbons (Fsp3) is 0.583. The number of urea groups is 1. The van der Waals surface area contributed by atoms with Crippen molar-refractivity contribution in [2.24, 2.45) is 0 Å². The zero-order valence-corrected chi connectivity index (χ0v) is 11.8. The van der Waals surface area contributed by atoms with Gasteiger partial charge in [-0.05, 0) is 31.4 Å². The number of amides is 2. The summed E-state index contributed by atoms with van der Waals surface area (Å²) in [5.41, 5.74) is 0. The first-order valence-corrected chi connectivity index (χ1v) is 7.13. The Morgan fingerprint density at radius 1 is 1.41 bits per heavy atom. The van der Waals surface area contributed by atoms with Gasteiger partial charge >= 0.3 is 6.03 Å². The maximum Gasteiger partial charge on any atom is 0.315 e. The van der Waals surface area contributed by atoms with Crippen LogP contribution in [0.1, 0.15) is 31.6 Å². The monoisotopic (exact) mass is 274 g/mol. The van der Waals surface area contributed by atoms with Crippen LogP contribution >= 0.6 is 22.9 Å². The van der Waals surface area contributed by atoms with Crippen molar-refractivity contribution in [2.45, 2.75) is 39.2 Å². The summed E-state index contributed by atoms with van der Waals surface area (Å²) >= 11 is 7.38. The molecule has 0 aliphatic heterocycles. The van der Waals surface area contributed by atoms with E-state index in [0.717, 1.165) is 23.6 Å². The Balaban J connectivity index is 2.20. The second-order valence-electron chi connectivity index (χ2n) is 3.87. The SMILES string of the molecule is CCC(CC)NC(=O)NCCc1ccc(Cl)s1. The van der Waals surface area contributed by atoms with Crippen molar-refractivity contribution in [3.63, 3.8) is 0 Å². The molecule has 0 saturated carbocycles. The van der Waals surface area contributed by atoms with Gasteiger partial charge in [-0.2, -0.15) is 0 Å². The lowest BCUT2D eigenvalue weighted by Crippen LogP contribution is -2.42. The molecule has 0 aromatic carbocycles. The van der Waals surface area contributed by atoms with Crippen LogP contribution in [0.3, 0.4) is 0 Å². The fourth-order valence-electron chi connectivity index (χ4n) is 1.51. The molecule has 5 heteroatoms. The van der Waals surface area contributed by atoms with Crippen molar-refractivity contribution in [1.29, 1.82) is 0 Å². The number of carbonyl (C=O) groups is 1. The normalized spacial score (nSPS) is 10.6. The average Bonchev–Trinajstić information content (AvgIpc) is 2.72. The van der Waals surface area contributed by atoms with Gasteiger partial charge in [0.15, 0.2) is 0 Å². The first kappa shape index (κ1) is 14.3. The molecule has 0 spiro atoms. The second kappa shape index (κ2) is 7.56. The van der Waals surface area contributed by atoms with E-state index >= 15 is 0 Å². The molecule has 1 aromatic heterocycles. The molecule has 2 amide bonds. The molecule has 1 aromatic rings. The molecule has 0 saturated heterocycles. The molecule has 0 bridgehead atoms. The highest BCUT2D eigenvalue weighted by atomic mass is 35.5. The minimum absolute atomic E-state index is 0.0821. The van der Waals surface area contributed by atoms with Gasteiger partial charge in [0.2, 0.25) is 0 Å². The van der Waals surface area contributed by atoms with E-state index in [1.54, 1.807) is 11.3 Å². The summed E-state index contributed by atoms with van der Waals surface area (Å²) in [6, 6.07) is 4.06. The lowest BCUT2D eigenvalue weighted by Gasteiger charge is -2.15. The maximum atomic E-state index is 11.5. The first-order valence-electron chi connectivity index (χ1n) is 5.94. The van der Waals surface area contributed by atoms with Crippen molar-refractivity contribution in [3.8, 4) is 0 Å². The summed E-state index contributed by atoms with van der Waals surface area (Å²) in [7, 11) is 0. The molecule has 0 fully saturated rings. The molecule has 0 atom stereocenters. The van der Waals surface area contributed by atoms with Crippen LogP contribution in [-0.4, -0.2) is 18.6 Å². The van der Waals surface area contributed by atoms with E-state index in [4.69, 9.17) is 11.6 Å². The smallest absolute Gasteiger partial charge is 0.315 e. The molecule has 1 heterocycles. The molecule has 0 aliphatic carbocycles. The molecule has 96 valence electrons. The third kappa shape index (κ3) is 5.41. The van der Waals surface area contributed by atoms with Gasteiger partial charge in [0.25, 0.3) is 0 Å². The third-order valence-electron chi connectivity index (χ3n) is 2.61. The summed E-state index contributed by atoms with van der Waals surface area (Å²) in [6.45, 7) is 4.78. The van der Waals surface area contributed by atoms with Gasteiger partial charge in [-0.1, -0.05) is 25.4 Å². The lowest BCUT2D eigenvalue weighted by molar-refractivity contribution is 0.236. The van der Waals surface area contributed by atoms with E-state index in [0.29, 0.717) is 6.54 Å². The predicted molar refractivity (Wildman–Crippen MR) is 73.9 cm³/mol. The standard InChI is InChI=1S/C12H19ClN2OS/c1-3-9(4-2)15-12(16)14-8-7-10-5-6-11(13)17-10/h5-6,9H,3-4,7-8H2,1-2H3,(H2,14,15,16). The van der Waals surface area contributed by atoms with Gasteiger partial charge in [-0.25, -0.2) is 4.79 Å². The van der Waals surface area contributed by atoms with E-state index in [1.165, 1.54) is 4.88 Å². The minimum atomic E-state index is -0.0821. The number of rotatable bonds is 6. The van der Waals surface area contributed by atoms with Crippen LogP contribution in [0, 0.1) is 0 Å². The highest BCUT2D eigenvalue weighted by molar-refractivity contribution is 7.16. The van der Waals surface area contributed by atoms with Crippen LogP contribution in [0.15, 0.2) is 12.1 Å². The van der Waals surface area contributed by atoms with Crippen LogP contribution < -0.4 is 10.6 Å². The van der Waals surface area contributed by atoms with Crippen molar-refractivity contribution in [2.75, 3.05) is 6.54 Å². The third-order valence-corrected chi connectivity index (χ3v) is 3.90. The first-order chi connectivity index (χ1) is 8.15. The van der Waals surface area contributed by atoms with E-state index < -0.39 is 0 Å². The minimum Gasteiger partial charge on any atom is -0.338 e. The molecule has 0 radical (unpaired) electrons. The van der Waals surface area contributed by atoms with Gasteiger partial charge in [0.1, 0.15) is 0 Å². The number of hydrogen-bond donors (Lipinski definition) is 2. The fourth-order valence-corrected chi connectivity index (χ4v) is 2.60. The van der Waals surface area contributed by atoms with Crippen molar-refractivity contribution < 1.29 is 4.79 Å². The molecular weight excluding hydrogens is 256 g/mol. The maximum absolute atomic E-state index is 11.5. The zero-order valence-electron chi connectivity index (χ0n) is 10.3. The Bertz CT molecular complexity index is 350. The van der Waals surface area contributed by atoms with Crippen LogP contribution in [0.5, 0.6) is 0 Å². The van der Waals surface area contributed by atoms with Crippen LogP contribution in [0.2, 0.25) is 4.34 Å². The summed E-state index contributed by atoms with van der Waals surface area (Å²) in [4.78, 5) is 12.7. The van der Waals surface area contributed by atoms with Gasteiger partial charge in [0, 0.05) is 17.5 Å². The Morgan fingerprint density at radius 2 is 2.12 bits per heavy atom. The quantitative estimate of drug-likeness (QED) is 0.820. The van der Waals surface area contributed by atoms with E-state index in [1.807, 2.05) is 12.1 Å². The summed E-state index contributed by atoms with van der Waals surface area (Å²) < 4.78 is 0.793. The Labute approximate surface area is 112 Å². The van der Waals surface area contributed by atoms with Gasteiger partial charge in [-0.15, -0.1) is 11.3 Å². The van der Waals surface area contributed by atoms with Gasteiger partial charge in [-0.3, -0.25) is 0 Å². The highest BCUT2D eigenvalue weighted by Crippen LogP contribution is 2.21. The van der Waals surface area contributed by atoms with Crippen LogP contribution in [-0.2, 0) is 6.42 Å². The Morgan fingerprint density at radius 3 is 2.65 bits per heavy atom. The van der Waals surface area contributed by atoms with Crippen LogP contribution in [0.4, 0.5) is 4.79 Å². The van der Waals surface area contributed by atoms with Crippen molar-refractivity contribution in [3.05, 3.63) is 21.3 Å². The zero-order chi connectivity index (χ0) is 12.7. The summed E-state index contributed by atoms with van der Waals surface area (Å²) in [6.07, 6.45) is 2.75.